The molecule has 3 N–H and O–H groups in total. The number of para-hydroxylation sites is 1. The standard InChI is InChI=1S/C22H21N5O/c28-22(24-12-9-17-14-25-20-4-2-1-3-19(17)20)18-5-6-21(27-15-18)26-13-16-7-10-23-11-8-16/h1-8,10-11,14-15,25H,9,12-13H2,(H,24,28)(H,26,27). The molecule has 140 valence electrons. The lowest BCUT2D eigenvalue weighted by atomic mass is 10.1. The Morgan fingerprint density at radius 1 is 1.04 bits per heavy atom. The van der Waals surface area contributed by atoms with Crippen LogP contribution in [0.4, 0.5) is 5.82 Å². The third-order valence-corrected chi connectivity index (χ3v) is 4.60. The maximum atomic E-state index is 12.3. The first-order chi connectivity index (χ1) is 13.8. The fraction of sp³-hybridized carbons (Fsp3) is 0.136. The molecule has 4 rings (SSSR count). The Balaban J connectivity index is 1.28. The number of pyridine rings is 2. The molecule has 0 unspecified atom stereocenters. The number of hydrogen-bond donors (Lipinski definition) is 3. The monoisotopic (exact) mass is 371 g/mol. The molecule has 0 spiro atoms. The molecule has 0 aliphatic carbocycles. The molecular formula is C22H21N5O. The van der Waals surface area contributed by atoms with Gasteiger partial charge in [-0.15, -0.1) is 0 Å². The van der Waals surface area contributed by atoms with E-state index in [2.05, 4.69) is 31.7 Å². The Kier molecular flexibility index (Phi) is 5.29. The van der Waals surface area contributed by atoms with Gasteiger partial charge in [-0.25, -0.2) is 4.98 Å². The van der Waals surface area contributed by atoms with Crippen molar-refractivity contribution in [3.8, 4) is 0 Å². The summed E-state index contributed by atoms with van der Waals surface area (Å²) >= 11 is 0. The molecular weight excluding hydrogens is 350 g/mol. The van der Waals surface area contributed by atoms with Crippen molar-refractivity contribution in [1.82, 2.24) is 20.3 Å². The average Bonchev–Trinajstić information content (AvgIpc) is 3.16. The minimum atomic E-state index is -0.118. The second-order valence-corrected chi connectivity index (χ2v) is 6.51. The van der Waals surface area contributed by atoms with Crippen LogP contribution in [0.5, 0.6) is 0 Å². The van der Waals surface area contributed by atoms with Gasteiger partial charge >= 0.3 is 0 Å². The van der Waals surface area contributed by atoms with E-state index in [-0.39, 0.29) is 5.91 Å². The van der Waals surface area contributed by atoms with Crippen molar-refractivity contribution in [3.05, 3.63) is 90.0 Å². The molecule has 0 aliphatic rings. The molecule has 4 aromatic rings. The summed E-state index contributed by atoms with van der Waals surface area (Å²) in [5.41, 5.74) is 3.98. The third-order valence-electron chi connectivity index (χ3n) is 4.60. The molecule has 28 heavy (non-hydrogen) atoms. The highest BCUT2D eigenvalue weighted by molar-refractivity contribution is 5.94. The Bertz CT molecular complexity index is 1060. The fourth-order valence-electron chi connectivity index (χ4n) is 3.08. The van der Waals surface area contributed by atoms with Crippen LogP contribution in [0, 0.1) is 0 Å². The van der Waals surface area contributed by atoms with Crippen molar-refractivity contribution in [1.29, 1.82) is 0 Å². The Hall–Kier alpha value is -3.67. The van der Waals surface area contributed by atoms with Gasteiger partial charge in [0.05, 0.1) is 5.56 Å². The first-order valence-corrected chi connectivity index (χ1v) is 9.21. The van der Waals surface area contributed by atoms with Crippen LogP contribution < -0.4 is 10.6 Å². The Morgan fingerprint density at radius 2 is 1.89 bits per heavy atom. The highest BCUT2D eigenvalue weighted by atomic mass is 16.1. The molecule has 6 heteroatoms. The largest absolute Gasteiger partial charge is 0.366 e. The first kappa shape index (κ1) is 17.7. The van der Waals surface area contributed by atoms with Crippen LogP contribution in [0.3, 0.4) is 0 Å². The van der Waals surface area contributed by atoms with Crippen LogP contribution in [-0.2, 0) is 13.0 Å². The minimum absolute atomic E-state index is 0.118. The van der Waals surface area contributed by atoms with Gasteiger partial charge in [-0.2, -0.15) is 0 Å². The second-order valence-electron chi connectivity index (χ2n) is 6.51. The number of amides is 1. The average molecular weight is 371 g/mol. The second kappa shape index (κ2) is 8.35. The number of benzene rings is 1. The lowest BCUT2D eigenvalue weighted by molar-refractivity contribution is 0.0954. The van der Waals surface area contributed by atoms with Crippen molar-refractivity contribution >= 4 is 22.6 Å². The molecule has 0 saturated carbocycles. The maximum Gasteiger partial charge on any atom is 0.252 e. The zero-order chi connectivity index (χ0) is 19.2. The predicted molar refractivity (Wildman–Crippen MR) is 110 cm³/mol. The normalized spacial score (nSPS) is 10.7. The van der Waals surface area contributed by atoms with E-state index in [1.807, 2.05) is 42.6 Å². The number of fused-ring (bicyclic) bond motifs is 1. The molecule has 3 aromatic heterocycles. The van der Waals surface area contributed by atoms with Crippen molar-refractivity contribution in [3.63, 3.8) is 0 Å². The number of aromatic nitrogens is 3. The van der Waals surface area contributed by atoms with Gasteiger partial charge in [0.15, 0.2) is 0 Å². The number of carbonyl (C=O) groups excluding carboxylic acids is 1. The van der Waals surface area contributed by atoms with Crippen LogP contribution in [0.2, 0.25) is 0 Å². The maximum absolute atomic E-state index is 12.3. The van der Waals surface area contributed by atoms with Crippen molar-refractivity contribution in [2.45, 2.75) is 13.0 Å². The van der Waals surface area contributed by atoms with Crippen LogP contribution in [0.1, 0.15) is 21.5 Å². The number of rotatable bonds is 7. The van der Waals surface area contributed by atoms with Gasteiger partial charge in [-0.3, -0.25) is 9.78 Å². The topological polar surface area (TPSA) is 82.7 Å². The van der Waals surface area contributed by atoms with E-state index in [0.717, 1.165) is 23.3 Å². The van der Waals surface area contributed by atoms with E-state index in [0.29, 0.717) is 18.7 Å². The highest BCUT2D eigenvalue weighted by Gasteiger charge is 2.07. The summed E-state index contributed by atoms with van der Waals surface area (Å²) in [5, 5.41) is 7.39. The molecule has 1 aromatic carbocycles. The molecule has 0 aliphatic heterocycles. The van der Waals surface area contributed by atoms with Crippen LogP contribution in [0.15, 0.2) is 73.3 Å². The predicted octanol–water partition coefficient (Wildman–Crippen LogP) is 3.54. The summed E-state index contributed by atoms with van der Waals surface area (Å²) in [6, 6.07) is 15.7. The molecule has 0 saturated heterocycles. The van der Waals surface area contributed by atoms with E-state index in [4.69, 9.17) is 0 Å². The smallest absolute Gasteiger partial charge is 0.252 e. The zero-order valence-electron chi connectivity index (χ0n) is 15.4. The van der Waals surface area contributed by atoms with Gasteiger partial charge in [0.25, 0.3) is 5.91 Å². The van der Waals surface area contributed by atoms with Gasteiger partial charge in [0, 0.05) is 48.8 Å². The quantitative estimate of drug-likeness (QED) is 0.464. The lowest BCUT2D eigenvalue weighted by Gasteiger charge is -2.07. The highest BCUT2D eigenvalue weighted by Crippen LogP contribution is 2.17. The molecule has 0 atom stereocenters. The lowest BCUT2D eigenvalue weighted by Crippen LogP contribution is -2.25. The van der Waals surface area contributed by atoms with Crippen LogP contribution in [-0.4, -0.2) is 27.4 Å². The van der Waals surface area contributed by atoms with E-state index in [9.17, 15) is 4.79 Å². The van der Waals surface area contributed by atoms with E-state index < -0.39 is 0 Å². The van der Waals surface area contributed by atoms with Gasteiger partial charge in [0.1, 0.15) is 5.82 Å². The summed E-state index contributed by atoms with van der Waals surface area (Å²) in [6.07, 6.45) is 7.88. The Morgan fingerprint density at radius 3 is 2.71 bits per heavy atom. The summed E-state index contributed by atoms with van der Waals surface area (Å²) in [6.45, 7) is 1.23. The van der Waals surface area contributed by atoms with Crippen LogP contribution in [0.25, 0.3) is 10.9 Å². The van der Waals surface area contributed by atoms with Crippen molar-refractivity contribution < 1.29 is 4.79 Å². The van der Waals surface area contributed by atoms with Gasteiger partial charge in [-0.1, -0.05) is 18.2 Å². The van der Waals surface area contributed by atoms with Crippen molar-refractivity contribution in [2.24, 2.45) is 0 Å². The molecule has 0 bridgehead atoms. The van der Waals surface area contributed by atoms with Crippen LogP contribution >= 0.6 is 0 Å². The number of H-pyrrole nitrogens is 1. The first-order valence-electron chi connectivity index (χ1n) is 9.21. The Labute approximate surface area is 163 Å². The van der Waals surface area contributed by atoms with Gasteiger partial charge in [0.2, 0.25) is 0 Å². The third kappa shape index (κ3) is 4.17. The van der Waals surface area contributed by atoms with Crippen molar-refractivity contribution in [2.75, 3.05) is 11.9 Å². The number of aromatic amines is 1. The minimum Gasteiger partial charge on any atom is -0.366 e. The van der Waals surface area contributed by atoms with E-state index in [1.54, 1.807) is 24.7 Å². The fourth-order valence-corrected chi connectivity index (χ4v) is 3.08. The molecule has 3 heterocycles. The van der Waals surface area contributed by atoms with E-state index in [1.165, 1.54) is 10.9 Å². The SMILES string of the molecule is O=C(NCCc1c[nH]c2ccccc12)c1ccc(NCc2ccncc2)nc1. The summed E-state index contributed by atoms with van der Waals surface area (Å²) in [4.78, 5) is 23.9. The summed E-state index contributed by atoms with van der Waals surface area (Å²) in [7, 11) is 0. The number of nitrogens with zero attached hydrogens (tertiary/aromatic N) is 2. The molecule has 0 fully saturated rings. The number of hydrogen-bond acceptors (Lipinski definition) is 4. The van der Waals surface area contributed by atoms with Gasteiger partial charge in [-0.05, 0) is 47.9 Å². The summed E-state index contributed by atoms with van der Waals surface area (Å²) in [5.74, 6) is 0.611. The zero-order valence-corrected chi connectivity index (χ0v) is 15.4. The molecule has 0 radical (unpaired) electrons. The molecule has 1 amide bonds. The number of carbonyl (C=O) groups is 1. The van der Waals surface area contributed by atoms with E-state index >= 15 is 0 Å². The molecule has 6 nitrogen and oxygen atoms in total. The van der Waals surface area contributed by atoms with Gasteiger partial charge < -0.3 is 15.6 Å². The number of nitrogens with one attached hydrogen (secondary N) is 3. The number of anilines is 1. The summed E-state index contributed by atoms with van der Waals surface area (Å²) < 4.78 is 0.